The van der Waals surface area contributed by atoms with Crippen molar-refractivity contribution in [3.8, 4) is 6.07 Å². The summed E-state index contributed by atoms with van der Waals surface area (Å²) in [7, 11) is 1.50. The number of halogens is 1. The highest BCUT2D eigenvalue weighted by Gasteiger charge is 2.53. The van der Waals surface area contributed by atoms with Crippen molar-refractivity contribution in [3.63, 3.8) is 0 Å². The summed E-state index contributed by atoms with van der Waals surface area (Å²) in [6.45, 7) is 4.85. The number of aromatic nitrogens is 3. The first-order valence-electron chi connectivity index (χ1n) is 10.6. The molecule has 2 N–H and O–H groups in total. The average Bonchev–Trinajstić information content (AvgIpc) is 3.28. The fourth-order valence-corrected chi connectivity index (χ4v) is 4.89. The number of hydrogen-bond acceptors (Lipinski definition) is 8. The van der Waals surface area contributed by atoms with Crippen LogP contribution in [0.4, 0.5) is 10.8 Å². The third-order valence-electron chi connectivity index (χ3n) is 5.83. The van der Waals surface area contributed by atoms with Gasteiger partial charge in [-0.05, 0) is 23.1 Å². The Bertz CT molecular complexity index is 1290. The Balaban J connectivity index is 1.73. The molecular weight excluding hydrogens is 474 g/mol. The van der Waals surface area contributed by atoms with Gasteiger partial charge in [0.2, 0.25) is 16.0 Å². The second kappa shape index (κ2) is 9.37. The minimum Gasteiger partial charge on any atom is -0.355 e. The van der Waals surface area contributed by atoms with Crippen molar-refractivity contribution in [1.29, 1.82) is 5.26 Å². The zero-order chi connectivity index (χ0) is 24.5. The highest BCUT2D eigenvalue weighted by molar-refractivity contribution is 7.15. The second-order valence-corrected chi connectivity index (χ2v) is 9.61. The van der Waals surface area contributed by atoms with E-state index < -0.39 is 5.41 Å². The van der Waals surface area contributed by atoms with Gasteiger partial charge in [0.25, 0.3) is 5.91 Å². The Kier molecular flexibility index (Phi) is 6.50. The summed E-state index contributed by atoms with van der Waals surface area (Å²) in [6, 6.07) is 11.3. The quantitative estimate of drug-likeness (QED) is 0.502. The van der Waals surface area contributed by atoms with Crippen LogP contribution in [0.25, 0.3) is 0 Å². The van der Waals surface area contributed by atoms with E-state index in [9.17, 15) is 9.59 Å². The van der Waals surface area contributed by atoms with Crippen molar-refractivity contribution in [2.45, 2.75) is 25.2 Å². The number of anilines is 2. The lowest BCUT2D eigenvalue weighted by molar-refractivity contribution is -0.122. The molecule has 3 aromatic rings. The summed E-state index contributed by atoms with van der Waals surface area (Å²) in [5.41, 5.74) is 1.57. The minimum absolute atomic E-state index is 0.149. The zero-order valence-electron chi connectivity index (χ0n) is 18.8. The van der Waals surface area contributed by atoms with E-state index in [1.54, 1.807) is 0 Å². The van der Waals surface area contributed by atoms with Crippen LogP contribution in [-0.4, -0.2) is 47.1 Å². The van der Waals surface area contributed by atoms with Crippen LogP contribution in [0.15, 0.2) is 36.5 Å². The lowest BCUT2D eigenvalue weighted by Gasteiger charge is -2.49. The van der Waals surface area contributed by atoms with Gasteiger partial charge < -0.3 is 15.5 Å². The molecule has 174 valence electrons. The van der Waals surface area contributed by atoms with Gasteiger partial charge in [0, 0.05) is 20.1 Å². The number of nitrogens with zero attached hydrogens (tertiary/aromatic N) is 5. The summed E-state index contributed by atoms with van der Waals surface area (Å²) < 4.78 is 0. The molecule has 1 aromatic carbocycles. The molecule has 0 radical (unpaired) electrons. The van der Waals surface area contributed by atoms with Gasteiger partial charge in [0.1, 0.15) is 16.6 Å². The number of benzene rings is 1. The van der Waals surface area contributed by atoms with Crippen LogP contribution in [0.3, 0.4) is 0 Å². The van der Waals surface area contributed by atoms with Crippen LogP contribution in [0.1, 0.15) is 46.3 Å². The molecule has 0 saturated carbocycles. The lowest BCUT2D eigenvalue weighted by Crippen LogP contribution is -2.65. The molecule has 11 heteroatoms. The first-order chi connectivity index (χ1) is 16.3. The van der Waals surface area contributed by atoms with Crippen LogP contribution < -0.4 is 15.5 Å². The predicted molar refractivity (Wildman–Crippen MR) is 130 cm³/mol. The highest BCUT2D eigenvalue weighted by Crippen LogP contribution is 2.42. The van der Waals surface area contributed by atoms with E-state index in [0.717, 1.165) is 11.1 Å². The number of carbonyl (C=O) groups excluding carboxylic acids is 2. The van der Waals surface area contributed by atoms with E-state index >= 15 is 0 Å². The summed E-state index contributed by atoms with van der Waals surface area (Å²) >= 11 is 7.17. The van der Waals surface area contributed by atoms with Crippen molar-refractivity contribution in [2.24, 2.45) is 0 Å². The summed E-state index contributed by atoms with van der Waals surface area (Å²) in [5.74, 6) is -0.458. The largest absolute Gasteiger partial charge is 0.355 e. The van der Waals surface area contributed by atoms with Crippen LogP contribution in [-0.2, 0) is 10.2 Å². The van der Waals surface area contributed by atoms with E-state index in [4.69, 9.17) is 16.9 Å². The number of amides is 2. The summed E-state index contributed by atoms with van der Waals surface area (Å²) in [6.07, 6.45) is 1.38. The van der Waals surface area contributed by atoms with Crippen molar-refractivity contribution in [1.82, 2.24) is 20.5 Å². The molecule has 1 saturated heterocycles. The monoisotopic (exact) mass is 495 g/mol. The Morgan fingerprint density at radius 3 is 2.65 bits per heavy atom. The van der Waals surface area contributed by atoms with Gasteiger partial charge in [-0.2, -0.15) is 5.26 Å². The number of rotatable bonds is 6. The Labute approximate surface area is 205 Å². The molecule has 4 rings (SSSR count). The van der Waals surface area contributed by atoms with Gasteiger partial charge in [0.15, 0.2) is 0 Å². The maximum absolute atomic E-state index is 13.9. The van der Waals surface area contributed by atoms with Gasteiger partial charge >= 0.3 is 0 Å². The number of carbonyl (C=O) groups is 2. The number of pyridine rings is 1. The smallest absolute Gasteiger partial charge is 0.253 e. The van der Waals surface area contributed by atoms with E-state index in [-0.39, 0.29) is 39.1 Å². The molecule has 3 heterocycles. The van der Waals surface area contributed by atoms with E-state index in [1.165, 1.54) is 30.6 Å². The summed E-state index contributed by atoms with van der Waals surface area (Å²) in [5, 5.41) is 23.5. The molecule has 34 heavy (non-hydrogen) atoms. The third-order valence-corrected chi connectivity index (χ3v) is 6.92. The molecule has 1 fully saturated rings. The molecule has 2 aromatic heterocycles. The standard InChI is InChI=1S/C23H22ClN7O2S/c1-13(2)14-6-4-5-7-16(14)23(11-31(12-23)22-30-29-19(9-25)34-22)21(33)28-17-10-27-18(24)8-15(17)20(32)26-3/h4-8,10,13H,11-12H2,1-3H3,(H,26,32)(H,28,33). The molecule has 0 unspecified atom stereocenters. The predicted octanol–water partition coefficient (Wildman–Crippen LogP) is 3.34. The topological polar surface area (TPSA) is 124 Å². The van der Waals surface area contributed by atoms with E-state index in [0.29, 0.717) is 18.2 Å². The van der Waals surface area contributed by atoms with Gasteiger partial charge in [-0.25, -0.2) is 4.98 Å². The van der Waals surface area contributed by atoms with Crippen molar-refractivity contribution < 1.29 is 9.59 Å². The first-order valence-corrected chi connectivity index (χ1v) is 11.8. The Hall–Kier alpha value is -3.55. The second-order valence-electron chi connectivity index (χ2n) is 8.27. The molecule has 1 aliphatic rings. The average molecular weight is 496 g/mol. The summed E-state index contributed by atoms with van der Waals surface area (Å²) in [4.78, 5) is 32.2. The number of nitrogens with one attached hydrogen (secondary N) is 2. The maximum atomic E-state index is 13.9. The Morgan fingerprint density at radius 1 is 1.26 bits per heavy atom. The van der Waals surface area contributed by atoms with Crippen LogP contribution in [0.2, 0.25) is 5.15 Å². The van der Waals surface area contributed by atoms with Crippen LogP contribution in [0, 0.1) is 11.3 Å². The molecule has 9 nitrogen and oxygen atoms in total. The van der Waals surface area contributed by atoms with Crippen LogP contribution >= 0.6 is 22.9 Å². The van der Waals surface area contributed by atoms with E-state index in [1.807, 2.05) is 35.2 Å². The SMILES string of the molecule is CNC(=O)c1cc(Cl)ncc1NC(=O)C1(c2ccccc2C(C)C)CN(c2nnc(C#N)s2)C1. The fourth-order valence-electron chi connectivity index (χ4n) is 4.10. The fraction of sp³-hybridized carbons (Fsp3) is 0.304. The van der Waals surface area contributed by atoms with Gasteiger partial charge in [-0.1, -0.05) is 61.1 Å². The van der Waals surface area contributed by atoms with Crippen molar-refractivity contribution in [3.05, 3.63) is 63.4 Å². The van der Waals surface area contributed by atoms with Crippen LogP contribution in [0.5, 0.6) is 0 Å². The first kappa shape index (κ1) is 23.6. The normalized spacial score (nSPS) is 14.3. The maximum Gasteiger partial charge on any atom is 0.253 e. The highest BCUT2D eigenvalue weighted by atomic mass is 35.5. The van der Waals surface area contributed by atoms with E-state index in [2.05, 4.69) is 39.7 Å². The molecular formula is C23H22ClN7O2S. The molecule has 0 aliphatic carbocycles. The third kappa shape index (κ3) is 4.20. The molecule has 0 atom stereocenters. The Morgan fingerprint density at radius 2 is 2.00 bits per heavy atom. The van der Waals surface area contributed by atoms with Gasteiger partial charge in [-0.15, -0.1) is 10.2 Å². The van der Waals surface area contributed by atoms with Crippen molar-refractivity contribution >= 4 is 45.6 Å². The van der Waals surface area contributed by atoms with Crippen molar-refractivity contribution in [2.75, 3.05) is 30.4 Å². The number of nitriles is 1. The molecule has 1 aliphatic heterocycles. The molecule has 0 spiro atoms. The molecule has 2 amide bonds. The lowest BCUT2D eigenvalue weighted by atomic mass is 9.70. The zero-order valence-corrected chi connectivity index (χ0v) is 20.4. The van der Waals surface area contributed by atoms with Gasteiger partial charge in [-0.3, -0.25) is 9.59 Å². The minimum atomic E-state index is -0.904. The van der Waals surface area contributed by atoms with Gasteiger partial charge in [0.05, 0.1) is 17.4 Å². The molecule has 0 bridgehead atoms. The number of hydrogen-bond donors (Lipinski definition) is 2.